The van der Waals surface area contributed by atoms with Gasteiger partial charge in [-0.2, -0.15) is 0 Å². The third-order valence-electron chi connectivity index (χ3n) is 20.9. The zero-order valence-corrected chi connectivity index (χ0v) is 48.9. The Hall–Kier alpha value is -0.450. The fourth-order valence-electron chi connectivity index (χ4n) is 15.8. The summed E-state index contributed by atoms with van der Waals surface area (Å²) in [7, 11) is 0. The molecule has 7 saturated heterocycles. The third kappa shape index (κ3) is 11.2. The van der Waals surface area contributed by atoms with Gasteiger partial charge in [-0.1, -0.05) is 0 Å². The van der Waals surface area contributed by atoms with Gasteiger partial charge in [0.15, 0.2) is 0 Å². The fraction of sp³-hybridized carbons (Fsp3) is 0.964. The number of alkyl halides is 1. The molecule has 0 aromatic carbocycles. The number of fused-ring (bicyclic) bond motifs is 6. The molecular weight excluding hydrogens is 1160 g/mol. The van der Waals surface area contributed by atoms with E-state index in [9.17, 15) is 66.4 Å². The van der Waals surface area contributed by atoms with E-state index < -0.39 is 192 Å². The number of aliphatic hydroxyl groups is 13. The first kappa shape index (κ1) is 63.1. The molecule has 458 valence electrons. The number of allylic oxidation sites excluding steroid dienone is 1. The normalized spacial score (nSPS) is 55.2. The van der Waals surface area contributed by atoms with E-state index in [0.717, 1.165) is 48.5 Å². The van der Waals surface area contributed by atoms with E-state index >= 15 is 0 Å². The van der Waals surface area contributed by atoms with Crippen molar-refractivity contribution >= 4 is 0 Å². The monoisotopic (exact) mass is 1250 g/mol. The van der Waals surface area contributed by atoms with Crippen molar-refractivity contribution in [3.05, 3.63) is 10.2 Å². The average molecular weight is 1250 g/mol. The van der Waals surface area contributed by atoms with Gasteiger partial charge in [-0.3, -0.25) is 0 Å². The number of halogens is 1. The van der Waals surface area contributed by atoms with Crippen LogP contribution in [-0.4, -0.2) is 250 Å². The molecule has 10 aliphatic rings. The first-order valence-electron chi connectivity index (χ1n) is 28.6. The molecule has 23 nitrogen and oxygen atoms in total. The first-order chi connectivity index (χ1) is 37.0. The van der Waals surface area contributed by atoms with Crippen LogP contribution in [0.1, 0.15) is 113 Å². The molecule has 10 rings (SSSR count). The second-order valence-electron chi connectivity index (χ2n) is 25.9. The van der Waals surface area contributed by atoms with Crippen LogP contribution in [-0.2, 0) is 47.4 Å². The summed E-state index contributed by atoms with van der Waals surface area (Å²) < 4.78 is 64.2. The molecular formula is C55H92IO23-. The molecule has 0 aromatic heterocycles. The Bertz CT molecular complexity index is 2080. The zero-order chi connectivity index (χ0) is 57.6. The van der Waals surface area contributed by atoms with Crippen molar-refractivity contribution in [2.75, 3.05) is 26.4 Å². The Balaban J connectivity index is 0.947. The molecule has 10 fully saturated rings. The number of ether oxygens (including phenoxy) is 10. The zero-order valence-electron chi connectivity index (χ0n) is 46.8. The molecule has 7 heterocycles. The predicted octanol–water partition coefficient (Wildman–Crippen LogP) is -4.59. The standard InChI is InChI=1S/C55H92IO23/c1-23-17-52(8)15-16-54(22-71-50-46(42(66)37(61)27(5)76-50)79-49-44(68)41(65)36(60)26(4)75-49)51(6,7)13-10-14-53(54,9)31(52)11-12-33(56-23)70-20-30-45(78-48-43(67)40(64)35(59)25(3)74-48)28-18-55(47(28)69,32(19-57)77-30)72-21-29-38(62)39(63)34(58)24(2)73-29/h24-50,57-69H,1,10-22H2,2-9H3/q-1/t24?,25?,26?,27?,28?,29-,30-,31+,32?,33-,34+,35+,36+,37+,38?,39?,40?,41?,42?,43?,44?,45?,46?,47-,48-,49-,50+,52+,53-,54?,55?/m0/s1. The molecule has 2 bridgehead atoms. The van der Waals surface area contributed by atoms with Crippen molar-refractivity contribution in [3.8, 4) is 0 Å². The summed E-state index contributed by atoms with van der Waals surface area (Å²) in [6, 6.07) is 0. The molecule has 79 heavy (non-hydrogen) atoms. The van der Waals surface area contributed by atoms with Gasteiger partial charge in [0, 0.05) is 0 Å². The van der Waals surface area contributed by atoms with E-state index in [-0.39, 0.29) is 52.5 Å². The van der Waals surface area contributed by atoms with Gasteiger partial charge in [0.05, 0.1) is 6.10 Å². The van der Waals surface area contributed by atoms with Gasteiger partial charge in [0.25, 0.3) is 0 Å². The first-order valence-corrected chi connectivity index (χ1v) is 30.9. The maximum absolute atomic E-state index is 12.1. The molecule has 0 amide bonds. The van der Waals surface area contributed by atoms with E-state index in [2.05, 4.69) is 34.3 Å². The van der Waals surface area contributed by atoms with Crippen LogP contribution in [0.2, 0.25) is 0 Å². The van der Waals surface area contributed by atoms with Crippen LogP contribution >= 0.6 is 0 Å². The SMILES string of the molecule is C=C1C[C@@]2(C)CCC3(CO[C@@H]4OC(C)[C@@H](O)C(O)C4O[C@@H]4OC(C)[C@@H](O)C(O)C4O)C(C)(C)CCC[C@@]3(C)[C@@H]2CC[C@H](OC[C@@H]2OC(CO)C3(OC[C@@H]4OC(C)[C@@H](O)C(O)C4O)CC(C2O[C@@H]2OC(C)[C@@H](O)C(O)C2O)[C@@H]3O)[I-]1. The Kier molecular flexibility index (Phi) is 19.2. The topological polar surface area (TPSA) is 355 Å². The Morgan fingerprint density at radius 2 is 1.13 bits per heavy atom. The molecule has 17 unspecified atom stereocenters. The molecule has 0 radical (unpaired) electrons. The van der Waals surface area contributed by atoms with Gasteiger partial charge in [-0.05, 0) is 13.8 Å². The van der Waals surface area contributed by atoms with Gasteiger partial charge in [0.2, 0.25) is 0 Å². The van der Waals surface area contributed by atoms with Crippen LogP contribution in [0.5, 0.6) is 0 Å². The second-order valence-corrected chi connectivity index (χ2v) is 29.4. The third-order valence-corrected chi connectivity index (χ3v) is 23.8. The summed E-state index contributed by atoms with van der Waals surface area (Å²) >= 11 is -0.800. The molecule has 7 aliphatic heterocycles. The Morgan fingerprint density at radius 1 is 0.570 bits per heavy atom. The van der Waals surface area contributed by atoms with Gasteiger partial charge < -0.3 is 35.4 Å². The summed E-state index contributed by atoms with van der Waals surface area (Å²) in [6.07, 6.45) is -24.7. The van der Waals surface area contributed by atoms with Crippen molar-refractivity contribution in [3.63, 3.8) is 0 Å². The van der Waals surface area contributed by atoms with Crippen LogP contribution in [0, 0.1) is 33.5 Å². The number of rotatable bonds is 14. The molecule has 0 aromatic rings. The van der Waals surface area contributed by atoms with Crippen LogP contribution in [0.15, 0.2) is 10.2 Å². The van der Waals surface area contributed by atoms with Gasteiger partial charge in [0.1, 0.15) is 24.4 Å². The molecule has 13 N–H and O–H groups in total. The number of hydrogen-bond acceptors (Lipinski definition) is 23. The number of hydrogen-bond donors (Lipinski definition) is 13. The quantitative estimate of drug-likeness (QED) is 0.0575. The van der Waals surface area contributed by atoms with Crippen molar-refractivity contribution in [1.82, 2.24) is 0 Å². The van der Waals surface area contributed by atoms with E-state index in [1.54, 1.807) is 13.8 Å². The van der Waals surface area contributed by atoms with Gasteiger partial charge in [-0.25, -0.2) is 0 Å². The van der Waals surface area contributed by atoms with E-state index in [0.29, 0.717) is 6.42 Å². The summed E-state index contributed by atoms with van der Waals surface area (Å²) in [5, 5.41) is 142. The molecule has 24 heteroatoms. The Morgan fingerprint density at radius 3 is 1.72 bits per heavy atom. The van der Waals surface area contributed by atoms with E-state index in [1.807, 2.05) is 0 Å². The molecule has 0 spiro atoms. The van der Waals surface area contributed by atoms with Crippen molar-refractivity contribution < 1.29 is 135 Å². The minimum absolute atomic E-state index is 0.0655. The van der Waals surface area contributed by atoms with E-state index in [1.165, 1.54) is 13.8 Å². The summed E-state index contributed by atoms with van der Waals surface area (Å²) in [6.45, 7) is 19.4. The average Bonchev–Trinajstić information content (AvgIpc) is 3.77. The summed E-state index contributed by atoms with van der Waals surface area (Å²) in [4.78, 5) is 0. The summed E-state index contributed by atoms with van der Waals surface area (Å²) in [5.74, 6) is -0.625. The van der Waals surface area contributed by atoms with Crippen molar-refractivity contribution in [2.45, 2.75) is 270 Å². The minimum atomic E-state index is -1.68. The van der Waals surface area contributed by atoms with Crippen molar-refractivity contribution in [2.24, 2.45) is 33.5 Å². The summed E-state index contributed by atoms with van der Waals surface area (Å²) in [5.41, 5.74) is -2.74. The Labute approximate surface area is 473 Å². The second kappa shape index (κ2) is 24.0. The predicted molar refractivity (Wildman–Crippen MR) is 269 cm³/mol. The van der Waals surface area contributed by atoms with E-state index in [4.69, 9.17) is 47.4 Å². The fourth-order valence-corrected chi connectivity index (χ4v) is 18.9. The van der Waals surface area contributed by atoms with Gasteiger partial charge in [-0.15, -0.1) is 0 Å². The maximum atomic E-state index is 12.1. The van der Waals surface area contributed by atoms with Crippen LogP contribution < -0.4 is 21.2 Å². The molecule has 3 saturated carbocycles. The van der Waals surface area contributed by atoms with Gasteiger partial charge >= 0.3 is 395 Å². The molecule has 31 atom stereocenters. The van der Waals surface area contributed by atoms with Crippen LogP contribution in [0.3, 0.4) is 0 Å². The van der Waals surface area contributed by atoms with Crippen molar-refractivity contribution in [1.29, 1.82) is 0 Å². The number of aliphatic hydroxyl groups excluding tert-OH is 13. The molecule has 3 aliphatic carbocycles. The van der Waals surface area contributed by atoms with Crippen LogP contribution in [0.4, 0.5) is 0 Å². The van der Waals surface area contributed by atoms with Crippen LogP contribution in [0.25, 0.3) is 0 Å².